The topological polar surface area (TPSA) is 57.7 Å². The van der Waals surface area contributed by atoms with Crippen molar-refractivity contribution in [2.75, 3.05) is 7.11 Å². The maximum absolute atomic E-state index is 12.2. The fraction of sp³-hybridized carbons (Fsp3) is 0.158. The standard InChI is InChI=1S/C38H33NO4/c1-38(24-23-37(40)41-2,31-15-21-34(22-16-31)43-35-18-12-27-7-3-4-9-29(27)25-35)30-13-19-33(20-14-30)42-26-32-17-11-28-8-5-6-10-36(28)39-32/h3-22,25H,23-24,26H2,1-2H3. The molecule has 1 unspecified atom stereocenters. The van der Waals surface area contributed by atoms with Crippen LogP contribution < -0.4 is 9.47 Å². The van der Waals surface area contributed by atoms with Crippen molar-refractivity contribution >= 4 is 27.6 Å². The number of ether oxygens (including phenoxy) is 3. The summed E-state index contributed by atoms with van der Waals surface area (Å²) in [6, 6.07) is 42.6. The predicted octanol–water partition coefficient (Wildman–Crippen LogP) is 9.02. The molecule has 0 aliphatic heterocycles. The summed E-state index contributed by atoms with van der Waals surface area (Å²) in [6.45, 7) is 2.53. The van der Waals surface area contributed by atoms with Gasteiger partial charge >= 0.3 is 5.97 Å². The van der Waals surface area contributed by atoms with E-state index in [1.54, 1.807) is 0 Å². The van der Waals surface area contributed by atoms with Gasteiger partial charge in [-0.3, -0.25) is 4.79 Å². The molecule has 0 radical (unpaired) electrons. The number of fused-ring (bicyclic) bond motifs is 2. The number of carbonyl (C=O) groups is 1. The highest BCUT2D eigenvalue weighted by Gasteiger charge is 2.30. The van der Waals surface area contributed by atoms with Gasteiger partial charge in [-0.05, 0) is 76.9 Å². The predicted molar refractivity (Wildman–Crippen MR) is 171 cm³/mol. The zero-order valence-corrected chi connectivity index (χ0v) is 24.3. The van der Waals surface area contributed by atoms with Gasteiger partial charge in [0, 0.05) is 17.2 Å². The van der Waals surface area contributed by atoms with Crippen molar-refractivity contribution in [1.82, 2.24) is 4.98 Å². The lowest BCUT2D eigenvalue weighted by Gasteiger charge is -2.31. The first-order valence-electron chi connectivity index (χ1n) is 14.4. The van der Waals surface area contributed by atoms with Gasteiger partial charge in [0.05, 0.1) is 18.3 Å². The third-order valence-corrected chi connectivity index (χ3v) is 8.04. The Labute approximate surface area is 251 Å². The molecule has 1 heterocycles. The van der Waals surface area contributed by atoms with Crippen molar-refractivity contribution < 1.29 is 19.0 Å². The fourth-order valence-corrected chi connectivity index (χ4v) is 5.43. The van der Waals surface area contributed by atoms with E-state index in [9.17, 15) is 4.79 Å². The lowest BCUT2D eigenvalue weighted by Crippen LogP contribution is -2.25. The van der Waals surface area contributed by atoms with Crippen molar-refractivity contribution in [2.45, 2.75) is 31.8 Å². The van der Waals surface area contributed by atoms with Gasteiger partial charge in [-0.15, -0.1) is 0 Å². The summed E-state index contributed by atoms with van der Waals surface area (Å²) in [5, 5.41) is 3.41. The molecule has 0 bridgehead atoms. The Kier molecular flexibility index (Phi) is 8.05. The van der Waals surface area contributed by atoms with Crippen LogP contribution in [0, 0.1) is 0 Å². The van der Waals surface area contributed by atoms with E-state index < -0.39 is 5.41 Å². The number of methoxy groups -OCH3 is 1. The molecule has 0 N–H and O–H groups in total. The fourth-order valence-electron chi connectivity index (χ4n) is 5.43. The number of carbonyl (C=O) groups excluding carboxylic acids is 1. The number of aromatic nitrogens is 1. The molecule has 5 aromatic carbocycles. The van der Waals surface area contributed by atoms with Gasteiger partial charge in [0.2, 0.25) is 0 Å². The normalized spacial score (nSPS) is 12.5. The Morgan fingerprint density at radius 2 is 1.28 bits per heavy atom. The second kappa shape index (κ2) is 12.4. The molecule has 0 saturated carbocycles. The second-order valence-corrected chi connectivity index (χ2v) is 10.9. The van der Waals surface area contributed by atoms with Gasteiger partial charge < -0.3 is 14.2 Å². The Morgan fingerprint density at radius 3 is 2.00 bits per heavy atom. The number of esters is 1. The summed E-state index contributed by atoms with van der Waals surface area (Å²) in [4.78, 5) is 16.9. The molecule has 0 aliphatic carbocycles. The molecule has 214 valence electrons. The summed E-state index contributed by atoms with van der Waals surface area (Å²) in [7, 11) is 1.43. The number of benzene rings is 5. The number of hydrogen-bond donors (Lipinski definition) is 0. The zero-order valence-electron chi connectivity index (χ0n) is 24.3. The number of hydrogen-bond acceptors (Lipinski definition) is 5. The van der Waals surface area contributed by atoms with Crippen LogP contribution in [0.15, 0.2) is 127 Å². The molecule has 5 heteroatoms. The average molecular weight is 568 g/mol. The molecule has 0 amide bonds. The molecular weight excluding hydrogens is 534 g/mol. The van der Waals surface area contributed by atoms with E-state index in [4.69, 9.17) is 19.2 Å². The smallest absolute Gasteiger partial charge is 0.305 e. The summed E-state index contributed by atoms with van der Waals surface area (Å²) < 4.78 is 17.2. The van der Waals surface area contributed by atoms with E-state index in [2.05, 4.69) is 55.5 Å². The molecule has 43 heavy (non-hydrogen) atoms. The Hall–Kier alpha value is -5.16. The molecule has 0 fully saturated rings. The second-order valence-electron chi connectivity index (χ2n) is 10.9. The van der Waals surface area contributed by atoms with Crippen molar-refractivity contribution in [1.29, 1.82) is 0 Å². The summed E-state index contributed by atoms with van der Waals surface area (Å²) >= 11 is 0. The molecule has 6 aromatic rings. The van der Waals surface area contributed by atoms with Crippen molar-refractivity contribution in [3.8, 4) is 17.2 Å². The first-order chi connectivity index (χ1) is 21.0. The Bertz CT molecular complexity index is 1860. The molecule has 0 aliphatic rings. The number of para-hydroxylation sites is 1. The van der Waals surface area contributed by atoms with Crippen LogP contribution >= 0.6 is 0 Å². The van der Waals surface area contributed by atoms with E-state index in [0.29, 0.717) is 19.4 Å². The largest absolute Gasteiger partial charge is 0.487 e. The molecule has 1 atom stereocenters. The lowest BCUT2D eigenvalue weighted by molar-refractivity contribution is -0.140. The van der Waals surface area contributed by atoms with Gasteiger partial charge in [-0.2, -0.15) is 0 Å². The van der Waals surface area contributed by atoms with Gasteiger partial charge in [-0.25, -0.2) is 4.98 Å². The van der Waals surface area contributed by atoms with E-state index in [-0.39, 0.29) is 5.97 Å². The SMILES string of the molecule is COC(=O)CCC(C)(c1ccc(OCc2ccc3ccccc3n2)cc1)c1ccc(Oc2ccc3ccccc3c2)cc1. The van der Waals surface area contributed by atoms with Gasteiger partial charge in [-0.1, -0.05) is 85.8 Å². The van der Waals surface area contributed by atoms with Crippen molar-refractivity contribution in [3.05, 3.63) is 144 Å². The first kappa shape index (κ1) is 28.0. The lowest BCUT2D eigenvalue weighted by atomic mass is 9.73. The average Bonchev–Trinajstić information content (AvgIpc) is 3.06. The van der Waals surface area contributed by atoms with Crippen molar-refractivity contribution in [2.24, 2.45) is 0 Å². The summed E-state index contributed by atoms with van der Waals surface area (Å²) in [5.41, 5.74) is 3.55. The van der Waals surface area contributed by atoms with E-state index in [1.807, 2.05) is 78.9 Å². The highest BCUT2D eigenvalue weighted by Crippen LogP contribution is 2.38. The summed E-state index contributed by atoms with van der Waals surface area (Å²) in [5.74, 6) is 2.06. The van der Waals surface area contributed by atoms with Gasteiger partial charge in [0.25, 0.3) is 0 Å². The third kappa shape index (κ3) is 6.36. The number of rotatable bonds is 10. The van der Waals surface area contributed by atoms with Crippen LogP contribution in [-0.4, -0.2) is 18.1 Å². The van der Waals surface area contributed by atoms with Crippen molar-refractivity contribution in [3.63, 3.8) is 0 Å². The highest BCUT2D eigenvalue weighted by molar-refractivity contribution is 5.83. The van der Waals surface area contributed by atoms with E-state index >= 15 is 0 Å². The van der Waals surface area contributed by atoms with Gasteiger partial charge in [0.15, 0.2) is 0 Å². The minimum absolute atomic E-state index is 0.231. The van der Waals surface area contributed by atoms with Crippen LogP contribution in [0.1, 0.15) is 36.6 Å². The van der Waals surface area contributed by atoms with Crippen LogP contribution in [0.2, 0.25) is 0 Å². The minimum Gasteiger partial charge on any atom is -0.487 e. The minimum atomic E-state index is -0.436. The Morgan fingerprint density at radius 1 is 0.674 bits per heavy atom. The Balaban J connectivity index is 1.19. The maximum atomic E-state index is 12.2. The number of pyridine rings is 1. The van der Waals surface area contributed by atoms with E-state index in [1.165, 1.54) is 12.5 Å². The highest BCUT2D eigenvalue weighted by atomic mass is 16.5. The van der Waals surface area contributed by atoms with Crippen LogP contribution in [-0.2, 0) is 21.6 Å². The molecular formula is C38H33NO4. The van der Waals surface area contributed by atoms with E-state index in [0.717, 1.165) is 50.4 Å². The van der Waals surface area contributed by atoms with Crippen LogP contribution in [0.5, 0.6) is 17.2 Å². The molecule has 0 spiro atoms. The summed E-state index contributed by atoms with van der Waals surface area (Å²) in [6.07, 6.45) is 0.889. The quantitative estimate of drug-likeness (QED) is 0.155. The van der Waals surface area contributed by atoms with Crippen LogP contribution in [0.4, 0.5) is 0 Å². The molecule has 5 nitrogen and oxygen atoms in total. The zero-order chi connectivity index (χ0) is 29.6. The molecule has 0 saturated heterocycles. The van der Waals surface area contributed by atoms with Crippen LogP contribution in [0.3, 0.4) is 0 Å². The monoisotopic (exact) mass is 567 g/mol. The first-order valence-corrected chi connectivity index (χ1v) is 14.4. The van der Waals surface area contributed by atoms with Crippen LogP contribution in [0.25, 0.3) is 21.7 Å². The number of nitrogens with zero attached hydrogens (tertiary/aromatic N) is 1. The molecule has 1 aromatic heterocycles. The molecule has 6 rings (SSSR count). The third-order valence-electron chi connectivity index (χ3n) is 8.04. The maximum Gasteiger partial charge on any atom is 0.305 e. The van der Waals surface area contributed by atoms with Gasteiger partial charge in [0.1, 0.15) is 23.9 Å².